The standard InChI is InChI=1S/C23H33NO4/c1-6-7-8-9-16-13-19(25)21(22(27-5)20(16)23(26)28-24)18-12-15(4)10-11-17(18)14(2)3/h12-13,17-18,25H,2,6-11,24H2,1,3-5H3. The minimum atomic E-state index is -0.645. The van der Waals surface area contributed by atoms with E-state index >= 15 is 0 Å². The number of ether oxygens (including phenoxy) is 1. The number of carbonyl (C=O) groups is 1. The molecule has 1 aromatic rings. The molecule has 0 bridgehead atoms. The Hall–Kier alpha value is -2.27. The Morgan fingerprint density at radius 3 is 2.68 bits per heavy atom. The molecule has 5 heteroatoms. The van der Waals surface area contributed by atoms with Crippen LogP contribution in [0.25, 0.3) is 0 Å². The molecule has 0 amide bonds. The van der Waals surface area contributed by atoms with E-state index < -0.39 is 5.97 Å². The highest BCUT2D eigenvalue weighted by Gasteiger charge is 2.34. The first-order valence-corrected chi connectivity index (χ1v) is 10.0. The molecule has 0 aliphatic heterocycles. The van der Waals surface area contributed by atoms with E-state index in [2.05, 4.69) is 31.3 Å². The van der Waals surface area contributed by atoms with E-state index in [1.165, 1.54) is 12.7 Å². The van der Waals surface area contributed by atoms with Crippen LogP contribution in [0.4, 0.5) is 0 Å². The number of aryl methyl sites for hydroxylation is 1. The van der Waals surface area contributed by atoms with Crippen molar-refractivity contribution < 1.29 is 19.5 Å². The second-order valence-corrected chi connectivity index (χ2v) is 7.77. The lowest BCUT2D eigenvalue weighted by atomic mass is 9.73. The van der Waals surface area contributed by atoms with Crippen LogP contribution in [-0.2, 0) is 11.3 Å². The van der Waals surface area contributed by atoms with Crippen LogP contribution >= 0.6 is 0 Å². The van der Waals surface area contributed by atoms with E-state index in [-0.39, 0.29) is 17.6 Å². The first-order chi connectivity index (χ1) is 13.3. The van der Waals surface area contributed by atoms with Gasteiger partial charge in [-0.2, -0.15) is 5.90 Å². The summed E-state index contributed by atoms with van der Waals surface area (Å²) >= 11 is 0. The molecule has 0 spiro atoms. The molecule has 2 atom stereocenters. The molecule has 154 valence electrons. The number of phenolic OH excluding ortho intramolecular Hbond substituents is 1. The molecule has 5 nitrogen and oxygen atoms in total. The van der Waals surface area contributed by atoms with Crippen molar-refractivity contribution in [3.05, 3.63) is 46.6 Å². The van der Waals surface area contributed by atoms with Crippen LogP contribution < -0.4 is 10.6 Å². The van der Waals surface area contributed by atoms with Crippen molar-refractivity contribution in [1.82, 2.24) is 0 Å². The van der Waals surface area contributed by atoms with Crippen molar-refractivity contribution >= 4 is 5.97 Å². The average molecular weight is 388 g/mol. The average Bonchev–Trinajstić information content (AvgIpc) is 2.66. The topological polar surface area (TPSA) is 81.8 Å². The fourth-order valence-electron chi connectivity index (χ4n) is 4.20. The third-order valence-electron chi connectivity index (χ3n) is 5.66. The predicted molar refractivity (Wildman–Crippen MR) is 112 cm³/mol. The van der Waals surface area contributed by atoms with Crippen molar-refractivity contribution in [1.29, 1.82) is 0 Å². The molecule has 1 aliphatic rings. The number of unbranched alkanes of at least 4 members (excludes halogenated alkanes) is 2. The van der Waals surface area contributed by atoms with Gasteiger partial charge in [0.15, 0.2) is 0 Å². The number of hydrogen-bond acceptors (Lipinski definition) is 5. The van der Waals surface area contributed by atoms with Crippen LogP contribution in [-0.4, -0.2) is 18.2 Å². The maximum Gasteiger partial charge on any atom is 0.360 e. The molecule has 0 saturated carbocycles. The van der Waals surface area contributed by atoms with Gasteiger partial charge in [0.1, 0.15) is 17.1 Å². The largest absolute Gasteiger partial charge is 0.507 e. The lowest BCUT2D eigenvalue weighted by Crippen LogP contribution is -2.20. The van der Waals surface area contributed by atoms with E-state index in [1.54, 1.807) is 6.07 Å². The molecular formula is C23H33NO4. The Kier molecular flexibility index (Phi) is 7.69. The van der Waals surface area contributed by atoms with Gasteiger partial charge < -0.3 is 14.7 Å². The summed E-state index contributed by atoms with van der Waals surface area (Å²) in [7, 11) is 1.51. The van der Waals surface area contributed by atoms with Gasteiger partial charge in [0.05, 0.1) is 7.11 Å². The zero-order valence-electron chi connectivity index (χ0n) is 17.5. The summed E-state index contributed by atoms with van der Waals surface area (Å²) in [6, 6.07) is 1.67. The zero-order valence-corrected chi connectivity index (χ0v) is 17.5. The maximum absolute atomic E-state index is 12.5. The third-order valence-corrected chi connectivity index (χ3v) is 5.66. The quantitative estimate of drug-likeness (QED) is 0.365. The molecule has 0 radical (unpaired) electrons. The number of allylic oxidation sites excluding steroid dienone is 3. The van der Waals surface area contributed by atoms with Gasteiger partial charge in [0.2, 0.25) is 0 Å². The first kappa shape index (κ1) is 22.0. The normalized spacial score (nSPS) is 19.1. The number of phenols is 1. The second-order valence-electron chi connectivity index (χ2n) is 7.77. The number of methoxy groups -OCH3 is 1. The highest BCUT2D eigenvalue weighted by molar-refractivity contribution is 5.95. The van der Waals surface area contributed by atoms with E-state index in [1.807, 2.05) is 6.92 Å². The number of aromatic hydroxyl groups is 1. The lowest BCUT2D eigenvalue weighted by molar-refractivity contribution is 0.0498. The minimum absolute atomic E-state index is 0.116. The summed E-state index contributed by atoms with van der Waals surface area (Å²) < 4.78 is 5.67. The summed E-state index contributed by atoms with van der Waals surface area (Å²) in [4.78, 5) is 17.1. The SMILES string of the molecule is C=C(C)C1CCC(C)=CC1c1c(O)cc(CCCCC)c(C(=O)ON)c1OC. The van der Waals surface area contributed by atoms with Crippen molar-refractivity contribution in [2.45, 2.75) is 65.2 Å². The summed E-state index contributed by atoms with van der Waals surface area (Å²) in [5.41, 5.74) is 3.91. The number of carbonyl (C=O) groups excluding carboxylic acids is 1. The van der Waals surface area contributed by atoms with Crippen LogP contribution in [0.3, 0.4) is 0 Å². The van der Waals surface area contributed by atoms with Gasteiger partial charge in [0, 0.05) is 11.5 Å². The molecule has 0 fully saturated rings. The van der Waals surface area contributed by atoms with Gasteiger partial charge in [-0.3, -0.25) is 0 Å². The van der Waals surface area contributed by atoms with Crippen LogP contribution in [0.1, 0.15) is 80.3 Å². The van der Waals surface area contributed by atoms with Gasteiger partial charge in [0.25, 0.3) is 0 Å². The Balaban J connectivity index is 2.68. The van der Waals surface area contributed by atoms with Crippen molar-refractivity contribution in [2.75, 3.05) is 7.11 Å². The molecule has 28 heavy (non-hydrogen) atoms. The van der Waals surface area contributed by atoms with Crippen LogP contribution in [0.2, 0.25) is 0 Å². The summed E-state index contributed by atoms with van der Waals surface area (Å²) in [5.74, 6) is 5.11. The minimum Gasteiger partial charge on any atom is -0.507 e. The van der Waals surface area contributed by atoms with Crippen LogP contribution in [0.5, 0.6) is 11.5 Å². The highest BCUT2D eigenvalue weighted by Crippen LogP contribution is 2.48. The van der Waals surface area contributed by atoms with Gasteiger partial charge >= 0.3 is 5.97 Å². The van der Waals surface area contributed by atoms with Crippen molar-refractivity contribution in [3.8, 4) is 11.5 Å². The maximum atomic E-state index is 12.5. The molecule has 2 unspecified atom stereocenters. The monoisotopic (exact) mass is 387 g/mol. The lowest BCUT2D eigenvalue weighted by Gasteiger charge is -2.32. The van der Waals surface area contributed by atoms with E-state index in [9.17, 15) is 9.90 Å². The summed E-state index contributed by atoms with van der Waals surface area (Å²) in [6.45, 7) is 10.3. The zero-order chi connectivity index (χ0) is 20.8. The summed E-state index contributed by atoms with van der Waals surface area (Å²) in [5, 5.41) is 11.0. The number of rotatable bonds is 8. The predicted octanol–water partition coefficient (Wildman–Crippen LogP) is 5.18. The van der Waals surface area contributed by atoms with E-state index in [0.29, 0.717) is 28.9 Å². The summed E-state index contributed by atoms with van der Waals surface area (Å²) in [6.07, 6.45) is 7.72. The van der Waals surface area contributed by atoms with Crippen LogP contribution in [0, 0.1) is 5.92 Å². The Morgan fingerprint density at radius 1 is 1.39 bits per heavy atom. The van der Waals surface area contributed by atoms with Crippen molar-refractivity contribution in [2.24, 2.45) is 11.8 Å². The molecule has 0 aromatic heterocycles. The van der Waals surface area contributed by atoms with Crippen molar-refractivity contribution in [3.63, 3.8) is 0 Å². The smallest absolute Gasteiger partial charge is 0.360 e. The van der Waals surface area contributed by atoms with Gasteiger partial charge in [-0.1, -0.05) is 43.6 Å². The van der Waals surface area contributed by atoms with Gasteiger partial charge in [-0.05, 0) is 57.1 Å². The number of hydrogen-bond donors (Lipinski definition) is 2. The molecular weight excluding hydrogens is 354 g/mol. The highest BCUT2D eigenvalue weighted by atomic mass is 16.7. The first-order valence-electron chi connectivity index (χ1n) is 10.0. The molecule has 1 aliphatic carbocycles. The Morgan fingerprint density at radius 2 is 2.11 bits per heavy atom. The third kappa shape index (κ3) is 4.58. The van der Waals surface area contributed by atoms with E-state index in [0.717, 1.165) is 37.7 Å². The molecule has 2 rings (SSSR count). The number of nitrogens with two attached hydrogens (primary N) is 1. The molecule has 1 aromatic carbocycles. The molecule has 3 N–H and O–H groups in total. The van der Waals surface area contributed by atoms with Crippen LogP contribution in [0.15, 0.2) is 29.9 Å². The molecule has 0 heterocycles. The fourth-order valence-corrected chi connectivity index (χ4v) is 4.20. The Bertz CT molecular complexity index is 766. The molecule has 0 saturated heterocycles. The Labute approximate surface area is 168 Å². The van der Waals surface area contributed by atoms with Gasteiger partial charge in [-0.25, -0.2) is 4.79 Å². The number of benzene rings is 1. The fraction of sp³-hybridized carbons (Fsp3) is 0.522. The van der Waals surface area contributed by atoms with E-state index in [4.69, 9.17) is 10.6 Å². The second kappa shape index (κ2) is 9.78. The van der Waals surface area contributed by atoms with Gasteiger partial charge in [-0.15, -0.1) is 0 Å².